The minimum Gasteiger partial charge on any atom is -1.00 e. The second kappa shape index (κ2) is 10.5. The number of aromatic nitrogens is 4. The Bertz CT molecular complexity index is 863. The fraction of sp³-hybridized carbons (Fsp3) is 0.632. The normalized spacial score (nSPS) is 17.1. The van der Waals surface area contributed by atoms with Crippen molar-refractivity contribution < 1.29 is 20.8 Å². The van der Waals surface area contributed by atoms with E-state index in [1.807, 2.05) is 6.92 Å². The van der Waals surface area contributed by atoms with Crippen molar-refractivity contribution in [3.63, 3.8) is 0 Å². The zero-order valence-electron chi connectivity index (χ0n) is 17.3. The van der Waals surface area contributed by atoms with Crippen molar-refractivity contribution >= 4 is 9.84 Å². The van der Waals surface area contributed by atoms with Gasteiger partial charge in [-0.05, 0) is 42.4 Å². The topological polar surface area (TPSA) is 84.2 Å². The van der Waals surface area contributed by atoms with Gasteiger partial charge in [-0.3, -0.25) is 4.90 Å². The number of piperazine rings is 1. The minimum atomic E-state index is -3.52. The molecule has 1 fully saturated rings. The molecule has 0 radical (unpaired) electrons. The van der Waals surface area contributed by atoms with E-state index in [2.05, 4.69) is 39.2 Å². The van der Waals surface area contributed by atoms with Gasteiger partial charge < -0.3 is 17.3 Å². The molecule has 10 heteroatoms. The fourth-order valence-corrected chi connectivity index (χ4v) is 4.87. The number of hydrogen-bond acceptors (Lipinski definition) is 7. The van der Waals surface area contributed by atoms with E-state index >= 15 is 0 Å². The number of halogens is 1. The molecule has 1 aliphatic rings. The highest BCUT2D eigenvalue weighted by Gasteiger charge is 2.29. The molecule has 1 aliphatic heterocycles. The Labute approximate surface area is 179 Å². The molecule has 0 saturated carbocycles. The number of rotatable bonds is 8. The highest BCUT2D eigenvalue weighted by atomic mass is 35.5. The van der Waals surface area contributed by atoms with Crippen molar-refractivity contribution in [1.82, 2.24) is 30.0 Å². The standard InChI is InChI=1S/C19H30N6O2S.ClH/c1-4-6-18(24-13-11-23(5-2)12-14-24)19-20-21-22-25(19)15-28(26,27)17-9-7-16(3)8-10-17;/h7-10,18H,4-6,11-15H2,1-3H3;1H/p-1. The molecule has 0 bridgehead atoms. The van der Waals surface area contributed by atoms with Gasteiger partial charge in [-0.1, -0.05) is 38.0 Å². The Morgan fingerprint density at radius 1 is 1.07 bits per heavy atom. The van der Waals surface area contributed by atoms with Crippen molar-refractivity contribution in [1.29, 1.82) is 0 Å². The first-order chi connectivity index (χ1) is 13.4. The molecule has 0 amide bonds. The van der Waals surface area contributed by atoms with Crippen LogP contribution in [0.25, 0.3) is 0 Å². The van der Waals surface area contributed by atoms with Crippen LogP contribution in [0.2, 0.25) is 0 Å². The average molecular weight is 442 g/mol. The molecule has 0 N–H and O–H groups in total. The summed E-state index contributed by atoms with van der Waals surface area (Å²) in [5.74, 6) is 0.399. The molecule has 8 nitrogen and oxygen atoms in total. The van der Waals surface area contributed by atoms with Crippen LogP contribution in [-0.4, -0.2) is 71.1 Å². The third kappa shape index (κ3) is 5.75. The van der Waals surface area contributed by atoms with E-state index in [1.54, 1.807) is 24.3 Å². The molecule has 3 rings (SSSR count). The molecule has 0 spiro atoms. The van der Waals surface area contributed by atoms with Crippen molar-refractivity contribution in [2.75, 3.05) is 32.7 Å². The molecule has 1 aromatic heterocycles. The van der Waals surface area contributed by atoms with Gasteiger partial charge in [0.1, 0.15) is 0 Å². The highest BCUT2D eigenvalue weighted by Crippen LogP contribution is 2.26. The Balaban J connectivity index is 0.00000300. The van der Waals surface area contributed by atoms with E-state index in [0.29, 0.717) is 10.7 Å². The highest BCUT2D eigenvalue weighted by molar-refractivity contribution is 7.90. The lowest BCUT2D eigenvalue weighted by molar-refractivity contribution is -0.00000864. The first kappa shape index (κ1) is 23.7. The van der Waals surface area contributed by atoms with Crippen LogP contribution in [0.5, 0.6) is 0 Å². The van der Waals surface area contributed by atoms with E-state index in [0.717, 1.165) is 51.1 Å². The molecule has 0 aliphatic carbocycles. The van der Waals surface area contributed by atoms with Crippen LogP contribution in [0.1, 0.15) is 44.1 Å². The summed E-state index contributed by atoms with van der Waals surface area (Å²) in [4.78, 5) is 5.10. The van der Waals surface area contributed by atoms with Crippen LogP contribution in [0.4, 0.5) is 0 Å². The van der Waals surface area contributed by atoms with E-state index in [9.17, 15) is 8.42 Å². The third-order valence-corrected chi connectivity index (χ3v) is 6.96. The predicted molar refractivity (Wildman–Crippen MR) is 108 cm³/mol. The maximum Gasteiger partial charge on any atom is 0.198 e. The van der Waals surface area contributed by atoms with E-state index in [1.165, 1.54) is 4.68 Å². The van der Waals surface area contributed by atoms with Crippen LogP contribution < -0.4 is 12.4 Å². The average Bonchev–Trinajstić information content (AvgIpc) is 3.13. The van der Waals surface area contributed by atoms with Gasteiger partial charge in [-0.15, -0.1) is 5.10 Å². The Hall–Kier alpha value is -1.55. The van der Waals surface area contributed by atoms with Crippen molar-refractivity contribution in [3.05, 3.63) is 35.7 Å². The lowest BCUT2D eigenvalue weighted by atomic mass is 10.1. The summed E-state index contributed by atoms with van der Waals surface area (Å²) in [6.45, 7) is 11.2. The van der Waals surface area contributed by atoms with Gasteiger partial charge >= 0.3 is 0 Å². The molecule has 1 unspecified atom stereocenters. The van der Waals surface area contributed by atoms with Crippen LogP contribution in [-0.2, 0) is 15.7 Å². The van der Waals surface area contributed by atoms with E-state index in [4.69, 9.17) is 0 Å². The maximum atomic E-state index is 12.9. The number of tetrazole rings is 1. The molecule has 2 aromatic rings. The lowest BCUT2D eigenvalue weighted by Gasteiger charge is -2.38. The lowest BCUT2D eigenvalue weighted by Crippen LogP contribution is -3.00. The molecule has 1 aromatic carbocycles. The molecular formula is C19H30ClN6O2S-. The summed E-state index contributed by atoms with van der Waals surface area (Å²) in [5.41, 5.74) is 1.02. The summed E-state index contributed by atoms with van der Waals surface area (Å²) in [7, 11) is -3.52. The Kier molecular flexibility index (Phi) is 8.57. The molecular weight excluding hydrogens is 412 g/mol. The summed E-state index contributed by atoms with van der Waals surface area (Å²) in [6, 6.07) is 6.93. The number of benzene rings is 1. The first-order valence-electron chi connectivity index (χ1n) is 9.96. The van der Waals surface area contributed by atoms with Gasteiger partial charge in [0.15, 0.2) is 21.5 Å². The number of aryl methyl sites for hydroxylation is 1. The molecule has 1 saturated heterocycles. The summed E-state index contributed by atoms with van der Waals surface area (Å²) >= 11 is 0. The molecule has 29 heavy (non-hydrogen) atoms. The van der Waals surface area contributed by atoms with Gasteiger partial charge in [-0.25, -0.2) is 13.1 Å². The number of sulfone groups is 1. The van der Waals surface area contributed by atoms with Crippen LogP contribution in [0.3, 0.4) is 0 Å². The van der Waals surface area contributed by atoms with Crippen LogP contribution in [0, 0.1) is 6.92 Å². The SMILES string of the molecule is CCCC(c1nnnn1CS(=O)(=O)c1ccc(C)cc1)N1CCN(CC)CC1.[Cl-]. The molecule has 1 atom stereocenters. The summed E-state index contributed by atoms with van der Waals surface area (Å²) in [5, 5.41) is 12.0. The van der Waals surface area contributed by atoms with Gasteiger partial charge in [0, 0.05) is 26.2 Å². The molecule has 2 heterocycles. The Morgan fingerprint density at radius 3 is 2.31 bits per heavy atom. The second-order valence-electron chi connectivity index (χ2n) is 7.37. The zero-order valence-corrected chi connectivity index (χ0v) is 18.9. The van der Waals surface area contributed by atoms with Gasteiger partial charge in [0.05, 0.1) is 10.9 Å². The minimum absolute atomic E-state index is 0. The largest absolute Gasteiger partial charge is 1.00 e. The fourth-order valence-electron chi connectivity index (χ4n) is 3.66. The van der Waals surface area contributed by atoms with Gasteiger partial charge in [0.2, 0.25) is 0 Å². The number of hydrogen-bond donors (Lipinski definition) is 0. The quantitative estimate of drug-likeness (QED) is 0.514. The van der Waals surface area contributed by atoms with Crippen molar-refractivity contribution in [2.45, 2.75) is 50.4 Å². The third-order valence-electron chi connectivity index (χ3n) is 5.39. The summed E-state index contributed by atoms with van der Waals surface area (Å²) < 4.78 is 27.2. The van der Waals surface area contributed by atoms with Crippen LogP contribution >= 0.6 is 0 Å². The van der Waals surface area contributed by atoms with Crippen molar-refractivity contribution in [2.24, 2.45) is 0 Å². The van der Waals surface area contributed by atoms with E-state index in [-0.39, 0.29) is 24.3 Å². The van der Waals surface area contributed by atoms with E-state index < -0.39 is 9.84 Å². The number of likely N-dealkylation sites (N-methyl/N-ethyl adjacent to an activating group) is 1. The van der Waals surface area contributed by atoms with Crippen LogP contribution in [0.15, 0.2) is 29.2 Å². The maximum absolute atomic E-state index is 12.9. The summed E-state index contributed by atoms with van der Waals surface area (Å²) in [6.07, 6.45) is 1.88. The van der Waals surface area contributed by atoms with Gasteiger partial charge in [-0.2, -0.15) is 0 Å². The first-order valence-corrected chi connectivity index (χ1v) is 11.6. The second-order valence-corrected chi connectivity index (χ2v) is 9.33. The predicted octanol–water partition coefficient (Wildman–Crippen LogP) is -1.10. The molecule has 162 valence electrons. The van der Waals surface area contributed by atoms with Gasteiger partial charge in [0.25, 0.3) is 0 Å². The zero-order chi connectivity index (χ0) is 20.1. The number of nitrogens with zero attached hydrogens (tertiary/aromatic N) is 6. The van der Waals surface area contributed by atoms with Crippen molar-refractivity contribution in [3.8, 4) is 0 Å². The monoisotopic (exact) mass is 441 g/mol. The Morgan fingerprint density at radius 2 is 1.72 bits per heavy atom. The smallest absolute Gasteiger partial charge is 0.198 e.